The van der Waals surface area contributed by atoms with Gasteiger partial charge in [0, 0.05) is 19.4 Å². The molecule has 0 unspecified atom stereocenters. The summed E-state index contributed by atoms with van der Waals surface area (Å²) in [5, 5.41) is 5.83. The first kappa shape index (κ1) is 9.21. The van der Waals surface area contributed by atoms with Crippen molar-refractivity contribution in [1.29, 1.82) is 0 Å². The highest BCUT2D eigenvalue weighted by atomic mass is 32.1. The Balaban J connectivity index is 2.43. The van der Waals surface area contributed by atoms with E-state index in [4.69, 9.17) is 4.42 Å². The fourth-order valence-electron chi connectivity index (χ4n) is 1.26. The van der Waals surface area contributed by atoms with Crippen LogP contribution >= 0.6 is 11.3 Å². The molecule has 4 nitrogen and oxygen atoms in total. The Kier molecular flexibility index (Phi) is 2.25. The van der Waals surface area contributed by atoms with E-state index in [0.717, 1.165) is 22.3 Å². The highest BCUT2D eigenvalue weighted by Gasteiger charge is 2.12. The first-order valence-corrected chi connectivity index (χ1v) is 5.16. The van der Waals surface area contributed by atoms with Crippen molar-refractivity contribution in [2.45, 2.75) is 13.8 Å². The average molecular weight is 209 g/mol. The van der Waals surface area contributed by atoms with Gasteiger partial charge in [-0.25, -0.2) is 9.97 Å². The van der Waals surface area contributed by atoms with E-state index in [2.05, 4.69) is 15.3 Å². The zero-order chi connectivity index (χ0) is 10.1. The minimum atomic E-state index is 0.677. The van der Waals surface area contributed by atoms with Gasteiger partial charge in [-0.05, 0) is 6.92 Å². The SMILES string of the molecule is CNc1nc(-c2oc(C)nc2C)cs1. The number of hydrogen-bond acceptors (Lipinski definition) is 5. The normalized spacial score (nSPS) is 10.5. The molecule has 2 aromatic rings. The molecule has 0 aliphatic rings. The minimum Gasteiger partial charge on any atom is -0.439 e. The molecule has 0 saturated carbocycles. The van der Waals surface area contributed by atoms with E-state index < -0.39 is 0 Å². The standard InChI is InChI=1S/C9H11N3OS/c1-5-8(13-6(2)11-5)7-4-14-9(10-3)12-7/h4H,1-3H3,(H,10,12). The number of aryl methyl sites for hydroxylation is 2. The first-order valence-electron chi connectivity index (χ1n) is 4.28. The molecular weight excluding hydrogens is 198 g/mol. The summed E-state index contributed by atoms with van der Waals surface area (Å²) in [5.41, 5.74) is 1.73. The molecule has 0 bridgehead atoms. The van der Waals surface area contributed by atoms with Gasteiger partial charge in [0.15, 0.2) is 16.8 Å². The van der Waals surface area contributed by atoms with Crippen LogP contribution in [0.1, 0.15) is 11.6 Å². The molecule has 2 heterocycles. The summed E-state index contributed by atoms with van der Waals surface area (Å²) in [6.07, 6.45) is 0. The molecule has 0 fully saturated rings. The Bertz CT molecular complexity index is 447. The summed E-state index contributed by atoms with van der Waals surface area (Å²) in [6.45, 7) is 3.76. The van der Waals surface area contributed by atoms with E-state index in [1.54, 1.807) is 11.3 Å². The third-order valence-electron chi connectivity index (χ3n) is 1.85. The summed E-state index contributed by atoms with van der Waals surface area (Å²) >= 11 is 1.55. The Morgan fingerprint density at radius 2 is 2.14 bits per heavy atom. The fraction of sp³-hybridized carbons (Fsp3) is 0.333. The Morgan fingerprint density at radius 3 is 2.64 bits per heavy atom. The molecule has 0 atom stereocenters. The third kappa shape index (κ3) is 1.50. The second-order valence-electron chi connectivity index (χ2n) is 2.94. The van der Waals surface area contributed by atoms with Gasteiger partial charge in [0.25, 0.3) is 0 Å². The zero-order valence-electron chi connectivity index (χ0n) is 8.29. The molecule has 2 rings (SSSR count). The number of thiazole rings is 1. The number of rotatable bonds is 2. The topological polar surface area (TPSA) is 51.0 Å². The van der Waals surface area contributed by atoms with Gasteiger partial charge in [0.05, 0.1) is 5.69 Å². The predicted octanol–water partition coefficient (Wildman–Crippen LogP) is 2.46. The highest BCUT2D eigenvalue weighted by Crippen LogP contribution is 2.27. The Morgan fingerprint density at radius 1 is 1.36 bits per heavy atom. The predicted molar refractivity (Wildman–Crippen MR) is 56.6 cm³/mol. The Hall–Kier alpha value is -1.36. The lowest BCUT2D eigenvalue weighted by atomic mass is 10.3. The molecule has 2 aromatic heterocycles. The average Bonchev–Trinajstić information content (AvgIpc) is 2.71. The molecule has 0 radical (unpaired) electrons. The van der Waals surface area contributed by atoms with Crippen molar-refractivity contribution in [2.75, 3.05) is 12.4 Å². The molecule has 0 aromatic carbocycles. The number of nitrogens with one attached hydrogen (secondary N) is 1. The summed E-state index contributed by atoms with van der Waals surface area (Å²) in [6, 6.07) is 0. The lowest BCUT2D eigenvalue weighted by molar-refractivity contribution is 0.532. The maximum Gasteiger partial charge on any atom is 0.192 e. The number of anilines is 1. The highest BCUT2D eigenvalue weighted by molar-refractivity contribution is 7.14. The summed E-state index contributed by atoms with van der Waals surface area (Å²) < 4.78 is 5.46. The number of hydrogen-bond donors (Lipinski definition) is 1. The van der Waals surface area contributed by atoms with Gasteiger partial charge in [-0.1, -0.05) is 0 Å². The van der Waals surface area contributed by atoms with Crippen molar-refractivity contribution in [3.63, 3.8) is 0 Å². The van der Waals surface area contributed by atoms with Crippen molar-refractivity contribution < 1.29 is 4.42 Å². The van der Waals surface area contributed by atoms with Crippen LogP contribution in [0.2, 0.25) is 0 Å². The lowest BCUT2D eigenvalue weighted by Crippen LogP contribution is -1.86. The van der Waals surface area contributed by atoms with E-state index in [0.29, 0.717) is 5.89 Å². The maximum absolute atomic E-state index is 5.46. The minimum absolute atomic E-state index is 0.677. The summed E-state index contributed by atoms with van der Waals surface area (Å²) in [5.74, 6) is 1.44. The van der Waals surface area contributed by atoms with Crippen LogP contribution in [0.25, 0.3) is 11.5 Å². The van der Waals surface area contributed by atoms with Crippen molar-refractivity contribution in [3.05, 3.63) is 17.0 Å². The fourth-order valence-corrected chi connectivity index (χ4v) is 1.91. The van der Waals surface area contributed by atoms with Gasteiger partial charge >= 0.3 is 0 Å². The number of oxazole rings is 1. The van der Waals surface area contributed by atoms with Crippen LogP contribution in [0.5, 0.6) is 0 Å². The molecule has 74 valence electrons. The van der Waals surface area contributed by atoms with E-state index in [-0.39, 0.29) is 0 Å². The van der Waals surface area contributed by atoms with Crippen LogP contribution in [-0.2, 0) is 0 Å². The second-order valence-corrected chi connectivity index (χ2v) is 3.79. The monoisotopic (exact) mass is 209 g/mol. The molecule has 14 heavy (non-hydrogen) atoms. The van der Waals surface area contributed by atoms with Crippen molar-refractivity contribution >= 4 is 16.5 Å². The Labute approximate surface area is 86.0 Å². The molecule has 0 amide bonds. The molecule has 5 heteroatoms. The van der Waals surface area contributed by atoms with Crippen molar-refractivity contribution in [2.24, 2.45) is 0 Å². The van der Waals surface area contributed by atoms with E-state index in [9.17, 15) is 0 Å². The van der Waals surface area contributed by atoms with E-state index >= 15 is 0 Å². The number of aromatic nitrogens is 2. The van der Waals surface area contributed by atoms with Gasteiger partial charge < -0.3 is 9.73 Å². The molecule has 1 N–H and O–H groups in total. The maximum atomic E-state index is 5.46. The van der Waals surface area contributed by atoms with E-state index in [1.807, 2.05) is 26.3 Å². The van der Waals surface area contributed by atoms with Crippen LogP contribution in [-0.4, -0.2) is 17.0 Å². The van der Waals surface area contributed by atoms with E-state index in [1.165, 1.54) is 0 Å². The molecular formula is C9H11N3OS. The largest absolute Gasteiger partial charge is 0.439 e. The molecule has 0 saturated heterocycles. The first-order chi connectivity index (χ1) is 6.70. The lowest BCUT2D eigenvalue weighted by Gasteiger charge is -1.90. The van der Waals surface area contributed by atoms with Crippen LogP contribution in [0, 0.1) is 13.8 Å². The van der Waals surface area contributed by atoms with Crippen molar-refractivity contribution in [1.82, 2.24) is 9.97 Å². The van der Waals surface area contributed by atoms with Gasteiger partial charge in [0.1, 0.15) is 5.69 Å². The quantitative estimate of drug-likeness (QED) is 0.825. The molecule has 0 aliphatic carbocycles. The van der Waals surface area contributed by atoms with Crippen molar-refractivity contribution in [3.8, 4) is 11.5 Å². The van der Waals surface area contributed by atoms with Gasteiger partial charge in [0.2, 0.25) is 0 Å². The number of nitrogens with zero attached hydrogens (tertiary/aromatic N) is 2. The van der Waals surface area contributed by atoms with Crippen LogP contribution < -0.4 is 5.32 Å². The smallest absolute Gasteiger partial charge is 0.192 e. The van der Waals surface area contributed by atoms with Gasteiger partial charge in [-0.2, -0.15) is 0 Å². The van der Waals surface area contributed by atoms with Gasteiger partial charge in [-0.3, -0.25) is 0 Å². The second kappa shape index (κ2) is 3.42. The summed E-state index contributed by atoms with van der Waals surface area (Å²) in [7, 11) is 1.85. The summed E-state index contributed by atoms with van der Waals surface area (Å²) in [4.78, 5) is 8.55. The van der Waals surface area contributed by atoms with Crippen LogP contribution in [0.4, 0.5) is 5.13 Å². The van der Waals surface area contributed by atoms with Crippen LogP contribution in [0.15, 0.2) is 9.80 Å². The zero-order valence-corrected chi connectivity index (χ0v) is 9.10. The van der Waals surface area contributed by atoms with Crippen LogP contribution in [0.3, 0.4) is 0 Å². The van der Waals surface area contributed by atoms with Gasteiger partial charge in [-0.15, -0.1) is 11.3 Å². The molecule has 0 aliphatic heterocycles. The third-order valence-corrected chi connectivity index (χ3v) is 2.71. The molecule has 0 spiro atoms.